The molecule has 7 heteroatoms. The molecule has 0 spiro atoms. The maximum Gasteiger partial charge on any atom is 0.372 e. The van der Waals surface area contributed by atoms with Crippen LogP contribution in [-0.4, -0.2) is 36.0 Å². The predicted octanol–water partition coefficient (Wildman–Crippen LogP) is 2.27. The van der Waals surface area contributed by atoms with Crippen LogP contribution >= 0.6 is 0 Å². The van der Waals surface area contributed by atoms with Gasteiger partial charge in [0.2, 0.25) is 0 Å². The summed E-state index contributed by atoms with van der Waals surface area (Å²) in [4.78, 5) is 12.6. The average Bonchev–Trinajstić information content (AvgIpc) is 3.16. The number of nitrogens with zero attached hydrogens (tertiary/aromatic N) is 6. The molecule has 0 aliphatic carbocycles. The Kier molecular flexibility index (Phi) is 3.77. The highest BCUT2D eigenvalue weighted by atomic mass is 16.2. The lowest BCUT2D eigenvalue weighted by Crippen LogP contribution is -2.28. The van der Waals surface area contributed by atoms with Crippen molar-refractivity contribution in [2.75, 3.05) is 0 Å². The van der Waals surface area contributed by atoms with E-state index in [0.29, 0.717) is 6.42 Å². The minimum absolute atomic E-state index is 0.288. The highest BCUT2D eigenvalue weighted by Crippen LogP contribution is 2.26. The van der Waals surface area contributed by atoms with Crippen LogP contribution in [0.5, 0.6) is 0 Å². The fourth-order valence-corrected chi connectivity index (χ4v) is 2.51. The summed E-state index contributed by atoms with van der Waals surface area (Å²) in [6.45, 7) is 6.10. The fraction of sp³-hybridized carbons (Fsp3) is 0.312. The largest absolute Gasteiger partial charge is 0.372 e. The summed E-state index contributed by atoms with van der Waals surface area (Å²) in [7, 11) is 0. The van der Waals surface area contributed by atoms with Crippen LogP contribution in [0.4, 0.5) is 4.79 Å². The Morgan fingerprint density at radius 2 is 1.87 bits per heavy atom. The van der Waals surface area contributed by atoms with Gasteiger partial charge in [0.1, 0.15) is 0 Å². The number of carbonyl (C=O) groups excluding carboxylic acids is 1. The Bertz CT molecular complexity index is 799. The van der Waals surface area contributed by atoms with Crippen molar-refractivity contribution in [2.45, 2.75) is 32.6 Å². The van der Waals surface area contributed by atoms with Gasteiger partial charge in [-0.05, 0) is 5.56 Å². The summed E-state index contributed by atoms with van der Waals surface area (Å²) in [5, 5.41) is 15.7. The standard InChI is InChI=1S/C16H18N6O/c1-16(2,3)14-13(11-12-7-5-4-6-8-12)18-20-22(14)15(23)21-10-9-17-19-21/h4-10H,11H2,1-3H3. The monoisotopic (exact) mass is 310 g/mol. The lowest BCUT2D eigenvalue weighted by molar-refractivity contribution is 0.235. The molecule has 2 aromatic heterocycles. The summed E-state index contributed by atoms with van der Waals surface area (Å²) in [6.07, 6.45) is 3.57. The number of hydrogen-bond acceptors (Lipinski definition) is 5. The van der Waals surface area contributed by atoms with E-state index >= 15 is 0 Å². The number of carbonyl (C=O) groups is 1. The zero-order valence-electron chi connectivity index (χ0n) is 13.3. The lowest BCUT2D eigenvalue weighted by Gasteiger charge is -2.20. The quantitative estimate of drug-likeness (QED) is 0.725. The molecule has 3 rings (SSSR count). The Morgan fingerprint density at radius 1 is 1.13 bits per heavy atom. The molecule has 1 aromatic carbocycles. The van der Waals surface area contributed by atoms with E-state index in [4.69, 9.17) is 0 Å². The maximum atomic E-state index is 12.6. The van der Waals surface area contributed by atoms with Crippen LogP contribution in [0.25, 0.3) is 0 Å². The summed E-state index contributed by atoms with van der Waals surface area (Å²) >= 11 is 0. The predicted molar refractivity (Wildman–Crippen MR) is 84.2 cm³/mol. The van der Waals surface area contributed by atoms with Gasteiger partial charge >= 0.3 is 6.03 Å². The molecule has 0 aliphatic rings. The molecule has 0 unspecified atom stereocenters. The zero-order valence-corrected chi connectivity index (χ0v) is 13.3. The molecule has 118 valence electrons. The van der Waals surface area contributed by atoms with Crippen molar-refractivity contribution in [3.63, 3.8) is 0 Å². The van der Waals surface area contributed by atoms with Gasteiger partial charge in [0.05, 0.1) is 23.8 Å². The molecule has 2 heterocycles. The molecule has 0 bridgehead atoms. The first-order valence-corrected chi connectivity index (χ1v) is 7.37. The van der Waals surface area contributed by atoms with Crippen LogP contribution in [0.15, 0.2) is 42.7 Å². The van der Waals surface area contributed by atoms with Crippen molar-refractivity contribution in [3.8, 4) is 0 Å². The van der Waals surface area contributed by atoms with Gasteiger partial charge < -0.3 is 0 Å². The van der Waals surface area contributed by atoms with E-state index in [-0.39, 0.29) is 11.4 Å². The van der Waals surface area contributed by atoms with Crippen LogP contribution in [0.1, 0.15) is 37.7 Å². The van der Waals surface area contributed by atoms with E-state index in [1.165, 1.54) is 17.1 Å². The number of rotatable bonds is 2. The van der Waals surface area contributed by atoms with E-state index in [1.54, 1.807) is 0 Å². The Hall–Kier alpha value is -2.83. The smallest absolute Gasteiger partial charge is 0.243 e. The third-order valence-electron chi connectivity index (χ3n) is 3.46. The second-order valence-electron chi connectivity index (χ2n) is 6.34. The summed E-state index contributed by atoms with van der Waals surface area (Å²) in [5.41, 5.74) is 2.40. The van der Waals surface area contributed by atoms with E-state index in [1.807, 2.05) is 51.1 Å². The molecule has 0 radical (unpaired) electrons. The summed E-state index contributed by atoms with van der Waals surface area (Å²) in [6, 6.07) is 9.61. The number of aromatic nitrogens is 6. The maximum absolute atomic E-state index is 12.6. The normalized spacial score (nSPS) is 11.6. The summed E-state index contributed by atoms with van der Waals surface area (Å²) < 4.78 is 2.46. The highest BCUT2D eigenvalue weighted by Gasteiger charge is 2.29. The van der Waals surface area contributed by atoms with Crippen molar-refractivity contribution in [1.82, 2.24) is 30.0 Å². The lowest BCUT2D eigenvalue weighted by atomic mass is 9.89. The van der Waals surface area contributed by atoms with Gasteiger partial charge in [-0.1, -0.05) is 61.5 Å². The Balaban J connectivity index is 2.03. The van der Waals surface area contributed by atoms with Gasteiger partial charge in [0.25, 0.3) is 0 Å². The molecule has 0 saturated carbocycles. The van der Waals surface area contributed by atoms with Crippen molar-refractivity contribution < 1.29 is 4.79 Å². The molecule has 7 nitrogen and oxygen atoms in total. The van der Waals surface area contributed by atoms with Gasteiger partial charge in [-0.25, -0.2) is 4.79 Å². The molecule has 23 heavy (non-hydrogen) atoms. The van der Waals surface area contributed by atoms with Crippen LogP contribution in [0.3, 0.4) is 0 Å². The molecule has 3 aromatic rings. The third kappa shape index (κ3) is 3.03. The summed E-state index contributed by atoms with van der Waals surface area (Å²) in [5.74, 6) is 0. The fourth-order valence-electron chi connectivity index (χ4n) is 2.51. The molecular weight excluding hydrogens is 292 g/mol. The van der Waals surface area contributed by atoms with Crippen LogP contribution in [0, 0.1) is 0 Å². The molecule has 0 fully saturated rings. The SMILES string of the molecule is CC(C)(C)c1c(Cc2ccccc2)nnn1C(=O)n1ccnn1. The van der Waals surface area contributed by atoms with Gasteiger partial charge in [-0.15, -0.1) is 10.2 Å². The molecule has 0 aliphatic heterocycles. The van der Waals surface area contributed by atoms with Gasteiger partial charge in [0.15, 0.2) is 0 Å². The average molecular weight is 310 g/mol. The van der Waals surface area contributed by atoms with Crippen LogP contribution in [-0.2, 0) is 11.8 Å². The highest BCUT2D eigenvalue weighted by molar-refractivity contribution is 5.78. The van der Waals surface area contributed by atoms with Gasteiger partial charge in [0, 0.05) is 11.8 Å². The minimum Gasteiger partial charge on any atom is -0.243 e. The first kappa shape index (κ1) is 15.1. The molecular formula is C16H18N6O. The second-order valence-corrected chi connectivity index (χ2v) is 6.34. The molecule has 0 amide bonds. The van der Waals surface area contributed by atoms with E-state index in [2.05, 4.69) is 20.6 Å². The zero-order chi connectivity index (χ0) is 16.4. The number of hydrogen-bond donors (Lipinski definition) is 0. The Morgan fingerprint density at radius 3 is 2.48 bits per heavy atom. The Labute approximate surface area is 133 Å². The van der Waals surface area contributed by atoms with E-state index < -0.39 is 0 Å². The van der Waals surface area contributed by atoms with E-state index in [9.17, 15) is 4.79 Å². The van der Waals surface area contributed by atoms with Crippen molar-refractivity contribution >= 4 is 6.03 Å². The molecule has 0 N–H and O–H groups in total. The second kappa shape index (κ2) is 5.75. The molecule has 0 saturated heterocycles. The van der Waals surface area contributed by atoms with Crippen LogP contribution in [0.2, 0.25) is 0 Å². The first-order valence-electron chi connectivity index (χ1n) is 7.37. The number of benzene rings is 1. The molecule has 0 atom stereocenters. The van der Waals surface area contributed by atoms with Crippen molar-refractivity contribution in [1.29, 1.82) is 0 Å². The first-order chi connectivity index (χ1) is 11.0. The minimum atomic E-state index is -0.390. The van der Waals surface area contributed by atoms with Gasteiger partial charge in [-0.3, -0.25) is 0 Å². The van der Waals surface area contributed by atoms with Crippen molar-refractivity contribution in [2.24, 2.45) is 0 Å². The third-order valence-corrected chi connectivity index (χ3v) is 3.46. The van der Waals surface area contributed by atoms with Gasteiger partial charge in [-0.2, -0.15) is 9.36 Å². The van der Waals surface area contributed by atoms with Crippen molar-refractivity contribution in [3.05, 3.63) is 59.7 Å². The van der Waals surface area contributed by atoms with Crippen LogP contribution < -0.4 is 0 Å². The topological polar surface area (TPSA) is 78.5 Å². The van der Waals surface area contributed by atoms with E-state index in [0.717, 1.165) is 21.6 Å².